The zero-order chi connectivity index (χ0) is 15.1. The number of hydrogen-bond acceptors (Lipinski definition) is 4. The van der Waals surface area contributed by atoms with Crippen molar-refractivity contribution in [3.8, 4) is 0 Å². The summed E-state index contributed by atoms with van der Waals surface area (Å²) in [5, 5.41) is 4.63. The van der Waals surface area contributed by atoms with E-state index in [9.17, 15) is 0 Å². The van der Waals surface area contributed by atoms with Crippen LogP contribution < -0.4 is 5.32 Å². The van der Waals surface area contributed by atoms with Crippen LogP contribution in [0.5, 0.6) is 0 Å². The van der Waals surface area contributed by atoms with Crippen LogP contribution in [0.15, 0.2) is 0 Å². The smallest absolute Gasteiger partial charge is 0.122 e. The van der Waals surface area contributed by atoms with Crippen LogP contribution in [0, 0.1) is 5.92 Å². The van der Waals surface area contributed by atoms with E-state index < -0.39 is 0 Å². The molecule has 0 bridgehead atoms. The molecule has 0 amide bonds. The monoisotopic (exact) mass is 298 g/mol. The minimum Gasteiger partial charge on any atom is -0.371 e. The fourth-order valence-corrected chi connectivity index (χ4v) is 3.60. The fourth-order valence-electron chi connectivity index (χ4n) is 2.19. The highest BCUT2D eigenvalue weighted by Crippen LogP contribution is 2.33. The Balaban J connectivity index is 2.94. The van der Waals surface area contributed by atoms with Crippen molar-refractivity contribution < 1.29 is 4.74 Å². The Morgan fingerprint density at radius 3 is 2.40 bits per heavy atom. The van der Waals surface area contributed by atoms with Gasteiger partial charge in [0.2, 0.25) is 0 Å². The highest BCUT2D eigenvalue weighted by Gasteiger charge is 2.23. The van der Waals surface area contributed by atoms with E-state index in [1.807, 2.05) is 11.3 Å². The summed E-state index contributed by atoms with van der Waals surface area (Å²) in [4.78, 5) is 6.25. The second-order valence-electron chi connectivity index (χ2n) is 5.81. The van der Waals surface area contributed by atoms with Crippen molar-refractivity contribution in [1.82, 2.24) is 10.3 Å². The van der Waals surface area contributed by atoms with Crippen LogP contribution >= 0.6 is 11.3 Å². The van der Waals surface area contributed by atoms with Gasteiger partial charge in [0.05, 0.1) is 5.69 Å². The first-order valence-electron chi connectivity index (χ1n) is 7.82. The van der Waals surface area contributed by atoms with E-state index in [4.69, 9.17) is 9.72 Å². The van der Waals surface area contributed by atoms with Gasteiger partial charge in [-0.2, -0.15) is 0 Å². The van der Waals surface area contributed by atoms with E-state index in [0.29, 0.717) is 11.8 Å². The normalized spacial score (nSPS) is 13.4. The molecule has 1 aromatic heterocycles. The maximum atomic E-state index is 5.89. The molecule has 1 N–H and O–H groups in total. The molecule has 0 aliphatic rings. The van der Waals surface area contributed by atoms with Crippen molar-refractivity contribution in [2.24, 2.45) is 5.92 Å². The van der Waals surface area contributed by atoms with Crippen LogP contribution in [0.3, 0.4) is 0 Å². The Labute approximate surface area is 128 Å². The molecule has 0 spiro atoms. The van der Waals surface area contributed by atoms with Crippen LogP contribution in [0.2, 0.25) is 0 Å². The first-order valence-corrected chi connectivity index (χ1v) is 8.64. The molecule has 1 unspecified atom stereocenters. The van der Waals surface area contributed by atoms with Crippen LogP contribution in [0.1, 0.15) is 75.6 Å². The molecule has 0 radical (unpaired) electrons. The van der Waals surface area contributed by atoms with Gasteiger partial charge in [0.25, 0.3) is 0 Å². The molecule has 4 heteroatoms. The molecule has 0 saturated heterocycles. The lowest BCUT2D eigenvalue weighted by atomic mass is 10.1. The summed E-state index contributed by atoms with van der Waals surface area (Å²) in [6.45, 7) is 15.8. The molecule has 0 aromatic carbocycles. The predicted octanol–water partition coefficient (Wildman–Crippen LogP) is 4.50. The van der Waals surface area contributed by atoms with Gasteiger partial charge in [-0.15, -0.1) is 11.3 Å². The molecule has 1 atom stereocenters. The maximum Gasteiger partial charge on any atom is 0.122 e. The molecule has 116 valence electrons. The van der Waals surface area contributed by atoms with E-state index in [-0.39, 0.29) is 6.10 Å². The van der Waals surface area contributed by atoms with E-state index >= 15 is 0 Å². The summed E-state index contributed by atoms with van der Waals surface area (Å²) in [5.74, 6) is 0.922. The van der Waals surface area contributed by atoms with Gasteiger partial charge in [-0.05, 0) is 31.7 Å². The summed E-state index contributed by atoms with van der Waals surface area (Å²) >= 11 is 1.82. The number of ether oxygens (including phenoxy) is 1. The Kier molecular flexibility index (Phi) is 7.70. The topological polar surface area (TPSA) is 34.1 Å². The van der Waals surface area contributed by atoms with Crippen molar-refractivity contribution in [2.45, 2.75) is 66.5 Å². The third-order valence-corrected chi connectivity index (χ3v) is 4.33. The van der Waals surface area contributed by atoms with Gasteiger partial charge in [0.1, 0.15) is 11.1 Å². The fraction of sp³-hybridized carbons (Fsp3) is 0.812. The van der Waals surface area contributed by atoms with Crippen molar-refractivity contribution in [2.75, 3.05) is 13.2 Å². The molecule has 0 fully saturated rings. The van der Waals surface area contributed by atoms with Gasteiger partial charge in [-0.1, -0.05) is 34.6 Å². The first kappa shape index (κ1) is 17.6. The van der Waals surface area contributed by atoms with Gasteiger partial charge in [0.15, 0.2) is 0 Å². The number of hydrogen-bond donors (Lipinski definition) is 1. The molecule has 0 saturated carbocycles. The zero-order valence-electron chi connectivity index (χ0n) is 13.8. The average molecular weight is 298 g/mol. The Morgan fingerprint density at radius 2 is 1.90 bits per heavy atom. The van der Waals surface area contributed by atoms with Crippen molar-refractivity contribution in [3.05, 3.63) is 15.6 Å². The molecule has 1 rings (SSSR count). The second-order valence-corrected chi connectivity index (χ2v) is 6.93. The van der Waals surface area contributed by atoms with Gasteiger partial charge >= 0.3 is 0 Å². The molecule has 1 heterocycles. The lowest BCUT2D eigenvalue weighted by molar-refractivity contribution is 0.0292. The molecule has 0 aliphatic heterocycles. The van der Waals surface area contributed by atoms with Crippen molar-refractivity contribution in [3.63, 3.8) is 0 Å². The van der Waals surface area contributed by atoms with E-state index in [0.717, 1.165) is 31.1 Å². The Morgan fingerprint density at radius 1 is 1.20 bits per heavy atom. The van der Waals surface area contributed by atoms with Crippen LogP contribution in [-0.2, 0) is 11.3 Å². The summed E-state index contributed by atoms with van der Waals surface area (Å²) < 4.78 is 5.89. The van der Waals surface area contributed by atoms with Crippen LogP contribution in [-0.4, -0.2) is 18.1 Å². The largest absolute Gasteiger partial charge is 0.371 e. The molecular weight excluding hydrogens is 268 g/mol. The third-order valence-electron chi connectivity index (χ3n) is 3.20. The van der Waals surface area contributed by atoms with Crippen molar-refractivity contribution in [1.29, 1.82) is 0 Å². The standard InChI is InChI=1S/C16H30N2OS/c1-7-9-17-10-13-14(11(3)4)18-16(20-13)15(12(5)6)19-8-2/h11-12,15,17H,7-10H2,1-6H3. The molecule has 0 aliphatic carbocycles. The average Bonchev–Trinajstić information content (AvgIpc) is 2.80. The summed E-state index contributed by atoms with van der Waals surface area (Å²) in [6.07, 6.45) is 1.29. The van der Waals surface area contributed by atoms with E-state index in [1.165, 1.54) is 10.6 Å². The molecule has 20 heavy (non-hydrogen) atoms. The lowest BCUT2D eigenvalue weighted by Gasteiger charge is -2.18. The van der Waals surface area contributed by atoms with Gasteiger partial charge < -0.3 is 10.1 Å². The lowest BCUT2D eigenvalue weighted by Crippen LogP contribution is -2.14. The Hall–Kier alpha value is -0.450. The molecular formula is C16H30N2OS. The van der Waals surface area contributed by atoms with Crippen LogP contribution in [0.25, 0.3) is 0 Å². The second kappa shape index (κ2) is 8.75. The summed E-state index contributed by atoms with van der Waals surface area (Å²) in [7, 11) is 0. The number of thiazole rings is 1. The quantitative estimate of drug-likeness (QED) is 0.682. The number of aromatic nitrogens is 1. The number of rotatable bonds is 9. The first-order chi connectivity index (χ1) is 9.51. The predicted molar refractivity (Wildman–Crippen MR) is 87.4 cm³/mol. The zero-order valence-corrected chi connectivity index (χ0v) is 14.6. The minimum absolute atomic E-state index is 0.127. The van der Waals surface area contributed by atoms with E-state index in [1.54, 1.807) is 0 Å². The summed E-state index contributed by atoms with van der Waals surface area (Å²) in [5.41, 5.74) is 1.24. The van der Waals surface area contributed by atoms with Crippen molar-refractivity contribution >= 4 is 11.3 Å². The van der Waals surface area contributed by atoms with Gasteiger partial charge in [-0.3, -0.25) is 0 Å². The maximum absolute atomic E-state index is 5.89. The van der Waals surface area contributed by atoms with Gasteiger partial charge in [-0.25, -0.2) is 4.98 Å². The molecule has 3 nitrogen and oxygen atoms in total. The third kappa shape index (κ3) is 4.83. The Bertz CT molecular complexity index is 388. The van der Waals surface area contributed by atoms with Gasteiger partial charge in [0, 0.05) is 18.0 Å². The SMILES string of the molecule is CCCNCc1sc(C(OCC)C(C)C)nc1C(C)C. The number of nitrogens with one attached hydrogen (secondary N) is 1. The minimum atomic E-state index is 0.127. The highest BCUT2D eigenvalue weighted by atomic mass is 32.1. The summed E-state index contributed by atoms with van der Waals surface area (Å²) in [6, 6.07) is 0. The highest BCUT2D eigenvalue weighted by molar-refractivity contribution is 7.11. The van der Waals surface area contributed by atoms with E-state index in [2.05, 4.69) is 46.9 Å². The number of nitrogens with zero attached hydrogens (tertiary/aromatic N) is 1. The molecule has 1 aromatic rings. The van der Waals surface area contributed by atoms with Crippen LogP contribution in [0.4, 0.5) is 0 Å².